The van der Waals surface area contributed by atoms with Gasteiger partial charge in [-0.25, -0.2) is 0 Å². The van der Waals surface area contributed by atoms with E-state index in [-0.39, 0.29) is 18.9 Å². The molecule has 0 saturated carbocycles. The van der Waals surface area contributed by atoms with E-state index < -0.39 is 5.91 Å². The van der Waals surface area contributed by atoms with Crippen LogP contribution in [0.3, 0.4) is 0 Å². The van der Waals surface area contributed by atoms with Crippen LogP contribution in [0.4, 0.5) is 11.4 Å². The predicted octanol–water partition coefficient (Wildman–Crippen LogP) is 4.73. The molecular weight excluding hydrogens is 376 g/mol. The van der Waals surface area contributed by atoms with Crippen molar-refractivity contribution in [1.82, 2.24) is 0 Å². The van der Waals surface area contributed by atoms with Crippen LogP contribution in [0.1, 0.15) is 6.42 Å². The van der Waals surface area contributed by atoms with E-state index in [4.69, 9.17) is 0 Å². The number of carbonyl (C=O) groups excluding carboxylic acids is 2. The van der Waals surface area contributed by atoms with E-state index in [9.17, 15) is 9.59 Å². The van der Waals surface area contributed by atoms with Crippen molar-refractivity contribution in [2.75, 3.05) is 17.2 Å². The van der Waals surface area contributed by atoms with Crippen LogP contribution in [-0.4, -0.2) is 18.4 Å². The number of nitrogens with zero attached hydrogens (tertiary/aromatic N) is 2. The van der Waals surface area contributed by atoms with Gasteiger partial charge in [-0.15, -0.1) is 5.11 Å². The van der Waals surface area contributed by atoms with E-state index in [2.05, 4.69) is 32.8 Å². The number of para-hydroxylation sites is 1. The second-order valence-electron chi connectivity index (χ2n) is 6.26. The van der Waals surface area contributed by atoms with Gasteiger partial charge in [-0.3, -0.25) is 9.59 Å². The molecule has 3 rings (SSSR count). The van der Waals surface area contributed by atoms with Gasteiger partial charge in [0.15, 0.2) is 0 Å². The summed E-state index contributed by atoms with van der Waals surface area (Å²) in [6.45, 7) is 0.190. The highest BCUT2D eigenvalue weighted by molar-refractivity contribution is 6.04. The van der Waals surface area contributed by atoms with Gasteiger partial charge >= 0.3 is 5.91 Å². The summed E-state index contributed by atoms with van der Waals surface area (Å²) in [6.07, 6.45) is 0.181. The van der Waals surface area contributed by atoms with E-state index in [0.717, 1.165) is 16.8 Å². The zero-order chi connectivity index (χ0) is 21.0. The SMILES string of the molecule is O=C(C#CN=NCCC(=O)Nc1ccccc1)Nc1ccc(-c2ccccc2)cc1. The molecule has 3 aromatic carbocycles. The third kappa shape index (κ3) is 6.73. The Morgan fingerprint density at radius 1 is 0.733 bits per heavy atom. The van der Waals surface area contributed by atoms with Crippen LogP contribution in [0.25, 0.3) is 11.1 Å². The van der Waals surface area contributed by atoms with Crippen molar-refractivity contribution in [2.24, 2.45) is 10.2 Å². The highest BCUT2D eigenvalue weighted by Crippen LogP contribution is 2.20. The van der Waals surface area contributed by atoms with E-state index in [1.807, 2.05) is 72.8 Å². The van der Waals surface area contributed by atoms with Gasteiger partial charge in [-0.05, 0) is 35.4 Å². The Labute approximate surface area is 175 Å². The van der Waals surface area contributed by atoms with E-state index in [1.54, 1.807) is 12.1 Å². The second-order valence-corrected chi connectivity index (χ2v) is 6.26. The molecule has 2 amide bonds. The Hall–Kier alpha value is -4.24. The van der Waals surface area contributed by atoms with Gasteiger partial charge in [-0.1, -0.05) is 60.7 Å². The van der Waals surface area contributed by atoms with Gasteiger partial charge in [0.1, 0.15) is 0 Å². The van der Waals surface area contributed by atoms with Crippen LogP contribution in [0, 0.1) is 12.0 Å². The molecule has 0 unspecified atom stereocenters. The molecule has 0 aliphatic heterocycles. The first-order valence-electron chi connectivity index (χ1n) is 9.39. The number of hydrogen-bond donors (Lipinski definition) is 2. The molecule has 148 valence electrons. The zero-order valence-corrected chi connectivity index (χ0v) is 16.2. The maximum absolute atomic E-state index is 11.9. The Bertz CT molecular complexity index is 1070. The number of amides is 2. The highest BCUT2D eigenvalue weighted by Gasteiger charge is 2.01. The lowest BCUT2D eigenvalue weighted by atomic mass is 10.1. The minimum absolute atomic E-state index is 0.162. The molecule has 0 saturated heterocycles. The molecule has 0 fully saturated rings. The van der Waals surface area contributed by atoms with Crippen molar-refractivity contribution in [3.8, 4) is 23.1 Å². The van der Waals surface area contributed by atoms with E-state index in [1.165, 1.54) is 0 Å². The normalized spacial score (nSPS) is 10.1. The average Bonchev–Trinajstić information content (AvgIpc) is 2.78. The van der Waals surface area contributed by atoms with Crippen LogP contribution in [0.5, 0.6) is 0 Å². The Morgan fingerprint density at radius 3 is 2.03 bits per heavy atom. The topological polar surface area (TPSA) is 82.9 Å². The molecule has 6 nitrogen and oxygen atoms in total. The van der Waals surface area contributed by atoms with Gasteiger partial charge in [0, 0.05) is 23.7 Å². The van der Waals surface area contributed by atoms with Crippen molar-refractivity contribution in [3.63, 3.8) is 0 Å². The highest BCUT2D eigenvalue weighted by atomic mass is 16.2. The summed E-state index contributed by atoms with van der Waals surface area (Å²) in [5.74, 6) is 1.70. The summed E-state index contributed by atoms with van der Waals surface area (Å²) < 4.78 is 0. The lowest BCUT2D eigenvalue weighted by Gasteiger charge is -2.04. The number of rotatable bonds is 6. The molecule has 3 aromatic rings. The fraction of sp³-hybridized carbons (Fsp3) is 0.0833. The lowest BCUT2D eigenvalue weighted by molar-refractivity contribution is -0.116. The number of azo groups is 1. The van der Waals surface area contributed by atoms with Crippen molar-refractivity contribution < 1.29 is 9.59 Å². The molecule has 0 spiro atoms. The Morgan fingerprint density at radius 2 is 1.33 bits per heavy atom. The molecule has 0 aromatic heterocycles. The summed E-state index contributed by atoms with van der Waals surface area (Å²) in [5, 5.41) is 12.8. The first kappa shape index (κ1) is 20.5. The third-order valence-corrected chi connectivity index (χ3v) is 4.04. The molecule has 0 aliphatic rings. The molecule has 30 heavy (non-hydrogen) atoms. The van der Waals surface area contributed by atoms with Crippen LogP contribution >= 0.6 is 0 Å². The smallest absolute Gasteiger partial charge is 0.302 e. The first-order valence-corrected chi connectivity index (χ1v) is 9.39. The summed E-state index contributed by atoms with van der Waals surface area (Å²) in [7, 11) is 0. The Kier molecular flexibility index (Phi) is 7.47. The number of nitrogens with one attached hydrogen (secondary N) is 2. The van der Waals surface area contributed by atoms with E-state index >= 15 is 0 Å². The molecular formula is C24H20N4O2. The molecule has 0 atom stereocenters. The first-order chi connectivity index (χ1) is 14.7. The van der Waals surface area contributed by atoms with Crippen molar-refractivity contribution >= 4 is 23.2 Å². The summed E-state index contributed by atoms with van der Waals surface area (Å²) in [6, 6.07) is 28.9. The monoisotopic (exact) mass is 396 g/mol. The molecule has 0 heterocycles. The minimum atomic E-state index is -0.483. The molecule has 6 heteroatoms. The summed E-state index contributed by atoms with van der Waals surface area (Å²) in [4.78, 5) is 23.6. The molecule has 0 bridgehead atoms. The van der Waals surface area contributed by atoms with Crippen LogP contribution in [0.2, 0.25) is 0 Å². The largest absolute Gasteiger partial charge is 0.326 e. The van der Waals surface area contributed by atoms with Crippen molar-refractivity contribution in [3.05, 3.63) is 84.9 Å². The zero-order valence-electron chi connectivity index (χ0n) is 16.2. The lowest BCUT2D eigenvalue weighted by Crippen LogP contribution is -2.12. The number of hydrogen-bond acceptors (Lipinski definition) is 4. The maximum atomic E-state index is 11.9. The van der Waals surface area contributed by atoms with Gasteiger partial charge in [0.05, 0.1) is 12.6 Å². The maximum Gasteiger partial charge on any atom is 0.302 e. The fourth-order valence-electron chi connectivity index (χ4n) is 2.60. The standard InChI is InChI=1S/C24H20N4O2/c29-23(27-21-9-5-2-6-10-21)15-17-25-26-18-16-24(30)28-22-13-11-20(12-14-22)19-7-3-1-4-8-19/h1-14H,15,17H2,(H,27,29)(H,28,30). The summed E-state index contributed by atoms with van der Waals surface area (Å²) >= 11 is 0. The molecule has 0 radical (unpaired) electrons. The van der Waals surface area contributed by atoms with E-state index in [0.29, 0.717) is 5.69 Å². The minimum Gasteiger partial charge on any atom is -0.326 e. The van der Waals surface area contributed by atoms with Gasteiger partial charge in [0.25, 0.3) is 0 Å². The van der Waals surface area contributed by atoms with Gasteiger partial charge < -0.3 is 10.6 Å². The third-order valence-electron chi connectivity index (χ3n) is 4.04. The average molecular weight is 396 g/mol. The molecule has 0 aliphatic carbocycles. The van der Waals surface area contributed by atoms with Gasteiger partial charge in [-0.2, -0.15) is 5.11 Å². The van der Waals surface area contributed by atoms with Gasteiger partial charge in [0.2, 0.25) is 5.91 Å². The Balaban J connectivity index is 1.40. The number of benzene rings is 3. The molecule has 2 N–H and O–H groups in total. The van der Waals surface area contributed by atoms with Crippen LogP contribution in [0.15, 0.2) is 95.2 Å². The quantitative estimate of drug-likeness (QED) is 0.466. The summed E-state index contributed by atoms with van der Waals surface area (Å²) in [5.41, 5.74) is 3.54. The number of carbonyl (C=O) groups is 2. The number of anilines is 2. The van der Waals surface area contributed by atoms with Crippen molar-refractivity contribution in [1.29, 1.82) is 0 Å². The van der Waals surface area contributed by atoms with Crippen LogP contribution < -0.4 is 10.6 Å². The van der Waals surface area contributed by atoms with Crippen molar-refractivity contribution in [2.45, 2.75) is 6.42 Å². The predicted molar refractivity (Wildman–Crippen MR) is 118 cm³/mol. The second kappa shape index (κ2) is 10.9. The van der Waals surface area contributed by atoms with Crippen LogP contribution in [-0.2, 0) is 9.59 Å². The fourth-order valence-corrected chi connectivity index (χ4v) is 2.60.